The van der Waals surface area contributed by atoms with Crippen LogP contribution in [-0.2, 0) is 17.8 Å². The maximum atomic E-state index is 12.5. The summed E-state index contributed by atoms with van der Waals surface area (Å²) in [5.41, 5.74) is 7.73. The van der Waals surface area contributed by atoms with E-state index in [-0.39, 0.29) is 5.97 Å². The van der Waals surface area contributed by atoms with Crippen molar-refractivity contribution in [3.05, 3.63) is 101 Å². The summed E-state index contributed by atoms with van der Waals surface area (Å²) in [4.78, 5) is 19.2. The van der Waals surface area contributed by atoms with E-state index in [2.05, 4.69) is 58.5 Å². The maximum absolute atomic E-state index is 12.5. The van der Waals surface area contributed by atoms with Crippen LogP contribution >= 0.6 is 0 Å². The lowest BCUT2D eigenvalue weighted by Crippen LogP contribution is -2.30. The van der Waals surface area contributed by atoms with E-state index < -0.39 is 0 Å². The van der Waals surface area contributed by atoms with Gasteiger partial charge in [-0.3, -0.25) is 9.88 Å². The highest BCUT2D eigenvalue weighted by Gasteiger charge is 2.21. The van der Waals surface area contributed by atoms with E-state index in [4.69, 9.17) is 4.74 Å². The molecule has 3 aromatic rings. The number of carbonyl (C=O) groups is 1. The number of benzene rings is 2. The average molecular weight is 442 g/mol. The fourth-order valence-corrected chi connectivity index (χ4v) is 4.20. The number of hydrogen-bond donors (Lipinski definition) is 1. The molecule has 0 radical (unpaired) electrons. The van der Waals surface area contributed by atoms with Crippen molar-refractivity contribution in [1.29, 1.82) is 0 Å². The lowest BCUT2D eigenvalue weighted by atomic mass is 9.92. The molecule has 0 atom stereocenters. The Kier molecular flexibility index (Phi) is 7.53. The fourth-order valence-electron chi connectivity index (χ4n) is 4.20. The van der Waals surface area contributed by atoms with Gasteiger partial charge < -0.3 is 10.1 Å². The summed E-state index contributed by atoms with van der Waals surface area (Å²) in [6.07, 6.45) is 4.65. The molecule has 33 heavy (non-hydrogen) atoms. The zero-order valence-electron chi connectivity index (χ0n) is 19.4. The third-order valence-electron chi connectivity index (χ3n) is 6.01. The van der Waals surface area contributed by atoms with Gasteiger partial charge in [0.15, 0.2) is 0 Å². The highest BCUT2D eigenvalue weighted by molar-refractivity contribution is 5.93. The lowest BCUT2D eigenvalue weighted by Gasteiger charge is -2.31. The molecule has 1 aliphatic heterocycles. The van der Waals surface area contributed by atoms with Gasteiger partial charge in [-0.2, -0.15) is 0 Å². The van der Waals surface area contributed by atoms with E-state index in [1.165, 1.54) is 16.7 Å². The summed E-state index contributed by atoms with van der Waals surface area (Å²) in [6, 6.07) is 20.4. The Morgan fingerprint density at radius 3 is 2.67 bits per heavy atom. The van der Waals surface area contributed by atoms with Gasteiger partial charge in [-0.1, -0.05) is 42.0 Å². The standard InChI is InChI=1S/C28H31N3O2/c1-3-33-28(32)24-11-12-27(30-18-23-10-7-14-29-17-23)25(16-24)26-20-31(15-13-21(26)2)19-22-8-5-4-6-9-22/h4-12,14,16-17,30H,3,13,15,18-20H2,1-2H3. The van der Waals surface area contributed by atoms with Gasteiger partial charge in [0.05, 0.1) is 12.2 Å². The molecule has 0 amide bonds. The second-order valence-corrected chi connectivity index (χ2v) is 8.40. The molecule has 1 aliphatic rings. The van der Waals surface area contributed by atoms with E-state index in [0.717, 1.165) is 42.9 Å². The van der Waals surface area contributed by atoms with Gasteiger partial charge in [-0.25, -0.2) is 4.79 Å². The van der Waals surface area contributed by atoms with Crippen LogP contribution in [0.5, 0.6) is 0 Å². The van der Waals surface area contributed by atoms with E-state index >= 15 is 0 Å². The van der Waals surface area contributed by atoms with Crippen molar-refractivity contribution in [3.63, 3.8) is 0 Å². The number of hydrogen-bond acceptors (Lipinski definition) is 5. The van der Waals surface area contributed by atoms with Crippen molar-refractivity contribution in [2.24, 2.45) is 0 Å². The van der Waals surface area contributed by atoms with Gasteiger partial charge in [0.1, 0.15) is 0 Å². The molecule has 170 valence electrons. The summed E-state index contributed by atoms with van der Waals surface area (Å²) in [7, 11) is 0. The first-order valence-electron chi connectivity index (χ1n) is 11.5. The molecule has 5 heteroatoms. The number of rotatable bonds is 8. The summed E-state index contributed by atoms with van der Waals surface area (Å²) in [5.74, 6) is -0.284. The Balaban J connectivity index is 1.63. The summed E-state index contributed by atoms with van der Waals surface area (Å²) in [6.45, 7) is 7.85. The van der Waals surface area contributed by atoms with E-state index in [1.807, 2.05) is 37.4 Å². The third-order valence-corrected chi connectivity index (χ3v) is 6.01. The highest BCUT2D eigenvalue weighted by Crippen LogP contribution is 2.33. The zero-order chi connectivity index (χ0) is 23.0. The summed E-state index contributed by atoms with van der Waals surface area (Å²) in [5, 5.41) is 3.57. The van der Waals surface area contributed by atoms with Crippen LogP contribution in [0.3, 0.4) is 0 Å². The Morgan fingerprint density at radius 1 is 1.09 bits per heavy atom. The molecule has 0 aliphatic carbocycles. The van der Waals surface area contributed by atoms with Gasteiger partial charge in [-0.15, -0.1) is 0 Å². The number of anilines is 1. The second-order valence-electron chi connectivity index (χ2n) is 8.40. The normalized spacial score (nSPS) is 14.2. The van der Waals surface area contributed by atoms with Crippen molar-refractivity contribution in [2.75, 3.05) is 25.0 Å². The van der Waals surface area contributed by atoms with Crippen molar-refractivity contribution in [1.82, 2.24) is 9.88 Å². The monoisotopic (exact) mass is 441 g/mol. The first-order chi connectivity index (χ1) is 16.1. The zero-order valence-corrected chi connectivity index (χ0v) is 19.4. The van der Waals surface area contributed by atoms with Crippen LogP contribution in [0.4, 0.5) is 5.69 Å². The number of pyridine rings is 1. The van der Waals surface area contributed by atoms with Crippen LogP contribution in [0.2, 0.25) is 0 Å². The van der Waals surface area contributed by atoms with Crippen molar-refractivity contribution in [2.45, 2.75) is 33.4 Å². The van der Waals surface area contributed by atoms with Crippen LogP contribution in [0, 0.1) is 0 Å². The first kappa shape index (κ1) is 22.7. The minimum atomic E-state index is -0.284. The molecule has 5 nitrogen and oxygen atoms in total. The molecule has 0 bridgehead atoms. The number of carbonyl (C=O) groups excluding carboxylic acids is 1. The molecule has 0 spiro atoms. The van der Waals surface area contributed by atoms with Gasteiger partial charge in [0.2, 0.25) is 0 Å². The van der Waals surface area contributed by atoms with Crippen LogP contribution in [-0.4, -0.2) is 35.5 Å². The third kappa shape index (κ3) is 5.88. The van der Waals surface area contributed by atoms with Crippen molar-refractivity contribution >= 4 is 17.2 Å². The Morgan fingerprint density at radius 2 is 1.91 bits per heavy atom. The van der Waals surface area contributed by atoms with E-state index in [9.17, 15) is 4.79 Å². The maximum Gasteiger partial charge on any atom is 0.338 e. The van der Waals surface area contributed by atoms with Crippen LogP contribution in [0.15, 0.2) is 78.6 Å². The predicted molar refractivity (Wildman–Crippen MR) is 133 cm³/mol. The van der Waals surface area contributed by atoms with E-state index in [1.54, 1.807) is 6.20 Å². The quantitative estimate of drug-likeness (QED) is 0.465. The number of nitrogens with zero attached hydrogens (tertiary/aromatic N) is 2. The number of ether oxygens (including phenoxy) is 1. The van der Waals surface area contributed by atoms with Crippen LogP contribution < -0.4 is 5.32 Å². The SMILES string of the molecule is CCOC(=O)c1ccc(NCc2cccnc2)c(C2=C(C)CCN(Cc3ccccc3)C2)c1. The molecule has 2 aromatic carbocycles. The Bertz CT molecular complexity index is 1110. The largest absolute Gasteiger partial charge is 0.462 e. The molecule has 1 aromatic heterocycles. The molecular formula is C28H31N3O2. The molecule has 1 N–H and O–H groups in total. The predicted octanol–water partition coefficient (Wildman–Crippen LogP) is 5.55. The Hall–Kier alpha value is -3.44. The second kappa shape index (κ2) is 10.9. The molecular weight excluding hydrogens is 410 g/mol. The molecule has 0 saturated carbocycles. The Labute approximate surface area is 196 Å². The number of nitrogens with one attached hydrogen (secondary N) is 1. The van der Waals surface area contributed by atoms with Crippen LogP contribution in [0.1, 0.15) is 47.3 Å². The van der Waals surface area contributed by atoms with Gasteiger partial charge in [-0.05, 0) is 61.2 Å². The molecule has 0 saturated heterocycles. The van der Waals surface area contributed by atoms with Gasteiger partial charge >= 0.3 is 5.97 Å². The number of aromatic nitrogens is 1. The minimum absolute atomic E-state index is 0.284. The van der Waals surface area contributed by atoms with Crippen molar-refractivity contribution in [3.8, 4) is 0 Å². The van der Waals surface area contributed by atoms with Gasteiger partial charge in [0, 0.05) is 49.8 Å². The highest BCUT2D eigenvalue weighted by atomic mass is 16.5. The summed E-state index contributed by atoms with van der Waals surface area (Å²) < 4.78 is 5.27. The molecule has 4 rings (SSSR count). The topological polar surface area (TPSA) is 54.5 Å². The molecule has 2 heterocycles. The van der Waals surface area contributed by atoms with Crippen LogP contribution in [0.25, 0.3) is 5.57 Å². The van der Waals surface area contributed by atoms with Crippen molar-refractivity contribution < 1.29 is 9.53 Å². The molecule has 0 unspecified atom stereocenters. The van der Waals surface area contributed by atoms with Gasteiger partial charge in [0.25, 0.3) is 0 Å². The fraction of sp³-hybridized carbons (Fsp3) is 0.286. The first-order valence-corrected chi connectivity index (χ1v) is 11.5. The average Bonchev–Trinajstić information content (AvgIpc) is 2.85. The van der Waals surface area contributed by atoms with E-state index in [0.29, 0.717) is 18.7 Å². The molecule has 0 fully saturated rings. The minimum Gasteiger partial charge on any atom is -0.462 e. The number of esters is 1. The lowest BCUT2D eigenvalue weighted by molar-refractivity contribution is 0.0526. The smallest absolute Gasteiger partial charge is 0.338 e. The summed E-state index contributed by atoms with van der Waals surface area (Å²) >= 11 is 0.